The van der Waals surface area contributed by atoms with Gasteiger partial charge in [-0.1, -0.05) is 5.11 Å². The second-order valence-corrected chi connectivity index (χ2v) is 4.13. The highest BCUT2D eigenvalue weighted by Crippen LogP contribution is 2.39. The summed E-state index contributed by atoms with van der Waals surface area (Å²) in [6.07, 6.45) is -4.50. The molecule has 1 aromatic rings. The maximum absolute atomic E-state index is 14.1. The molecule has 1 unspecified atom stereocenters. The first kappa shape index (κ1) is 17.1. The Kier molecular flexibility index (Phi) is 5.10. The third kappa shape index (κ3) is 2.77. The van der Waals surface area contributed by atoms with Crippen molar-refractivity contribution >= 4 is 18.2 Å². The number of nitrogens with two attached hydrogens (primary N) is 1. The van der Waals surface area contributed by atoms with Gasteiger partial charge in [-0.3, -0.25) is 4.57 Å². The van der Waals surface area contributed by atoms with Crippen LogP contribution in [0.4, 0.5) is 10.2 Å². The van der Waals surface area contributed by atoms with E-state index in [1.807, 2.05) is 0 Å². The topological polar surface area (TPSA) is 159 Å². The van der Waals surface area contributed by atoms with Crippen LogP contribution in [-0.2, 0) is 4.74 Å². The third-order valence-electron chi connectivity index (χ3n) is 2.93. The van der Waals surface area contributed by atoms with Crippen molar-refractivity contribution < 1.29 is 19.3 Å². The molecule has 12 heteroatoms. The highest BCUT2D eigenvalue weighted by atomic mass is 35.5. The molecule has 4 atom stereocenters. The van der Waals surface area contributed by atoms with E-state index in [4.69, 9.17) is 16.0 Å². The van der Waals surface area contributed by atoms with Gasteiger partial charge in [0.25, 0.3) is 0 Å². The molecule has 4 N–H and O–H groups in total. The molecule has 0 amide bonds. The van der Waals surface area contributed by atoms with Crippen molar-refractivity contribution in [1.29, 1.82) is 0 Å². The molecule has 1 aromatic heterocycles. The number of nitrogens with zero attached hydrogens (tertiary/aromatic N) is 5. The number of alkyl halides is 1. The number of azide groups is 1. The van der Waals surface area contributed by atoms with Gasteiger partial charge < -0.3 is 20.7 Å². The Morgan fingerprint density at radius 3 is 2.90 bits per heavy atom. The van der Waals surface area contributed by atoms with Crippen LogP contribution in [0.2, 0.25) is 0 Å². The van der Waals surface area contributed by atoms with Crippen LogP contribution in [0.5, 0.6) is 0 Å². The lowest BCUT2D eigenvalue weighted by Gasteiger charge is -2.23. The van der Waals surface area contributed by atoms with Crippen LogP contribution in [0.25, 0.3) is 10.4 Å². The minimum Gasteiger partial charge on any atom is -0.393 e. The van der Waals surface area contributed by atoms with Crippen LogP contribution in [0, 0.1) is 0 Å². The molecule has 0 aliphatic carbocycles. The number of anilines is 1. The van der Waals surface area contributed by atoms with E-state index in [1.165, 1.54) is 6.07 Å². The van der Waals surface area contributed by atoms with Crippen molar-refractivity contribution in [3.05, 3.63) is 33.2 Å². The summed E-state index contributed by atoms with van der Waals surface area (Å²) in [6, 6.07) is 1.23. The molecule has 10 nitrogen and oxygen atoms in total. The van der Waals surface area contributed by atoms with Crippen molar-refractivity contribution in [3.8, 4) is 0 Å². The summed E-state index contributed by atoms with van der Waals surface area (Å²) in [5.41, 5.74) is 10.6. The van der Waals surface area contributed by atoms with E-state index in [1.54, 1.807) is 0 Å². The van der Waals surface area contributed by atoms with Gasteiger partial charge in [-0.25, -0.2) is 9.18 Å². The lowest BCUT2D eigenvalue weighted by atomic mass is 10.1. The molecule has 1 aliphatic heterocycles. The van der Waals surface area contributed by atoms with Gasteiger partial charge in [0.2, 0.25) is 5.72 Å². The van der Waals surface area contributed by atoms with E-state index >= 15 is 0 Å². The van der Waals surface area contributed by atoms with Gasteiger partial charge >= 0.3 is 5.69 Å². The SMILES string of the molecule is Cl.[N-]=[N+]=NC1(CO)O[C@@H](n2ccc(N)nc2=O)[C@@H](F)[C@@H]1O. The van der Waals surface area contributed by atoms with E-state index < -0.39 is 36.5 Å². The van der Waals surface area contributed by atoms with Crippen molar-refractivity contribution in [2.75, 3.05) is 12.3 Å². The van der Waals surface area contributed by atoms with E-state index in [0.29, 0.717) is 0 Å². The number of hydrogen-bond acceptors (Lipinski definition) is 7. The van der Waals surface area contributed by atoms with Gasteiger partial charge in [0, 0.05) is 11.1 Å². The van der Waals surface area contributed by atoms with Gasteiger partial charge in [-0.05, 0) is 11.6 Å². The van der Waals surface area contributed by atoms with Crippen LogP contribution in [0.3, 0.4) is 0 Å². The molecular formula is C9H12ClFN6O4. The highest BCUT2D eigenvalue weighted by Gasteiger charge is 2.56. The van der Waals surface area contributed by atoms with Gasteiger partial charge in [-0.2, -0.15) is 4.98 Å². The number of halogens is 2. The summed E-state index contributed by atoms with van der Waals surface area (Å²) in [6.45, 7) is -0.952. The fraction of sp³-hybridized carbons (Fsp3) is 0.556. The van der Waals surface area contributed by atoms with E-state index in [-0.39, 0.29) is 18.2 Å². The molecule has 116 valence electrons. The highest BCUT2D eigenvalue weighted by molar-refractivity contribution is 5.85. The van der Waals surface area contributed by atoms with Crippen LogP contribution in [-0.4, -0.2) is 44.4 Å². The molecular weight excluding hydrogens is 311 g/mol. The smallest absolute Gasteiger partial charge is 0.351 e. The van der Waals surface area contributed by atoms with E-state index in [0.717, 1.165) is 10.8 Å². The predicted octanol–water partition coefficient (Wildman–Crippen LogP) is -0.526. The average molecular weight is 323 g/mol. The van der Waals surface area contributed by atoms with Gasteiger partial charge in [0.15, 0.2) is 12.4 Å². The van der Waals surface area contributed by atoms with E-state index in [2.05, 4.69) is 15.0 Å². The molecule has 1 saturated heterocycles. The molecule has 2 heterocycles. The predicted molar refractivity (Wildman–Crippen MR) is 70.1 cm³/mol. The first-order valence-electron chi connectivity index (χ1n) is 5.47. The second-order valence-electron chi connectivity index (χ2n) is 4.13. The summed E-state index contributed by atoms with van der Waals surface area (Å²) in [5, 5.41) is 22.0. The summed E-state index contributed by atoms with van der Waals surface area (Å²) in [7, 11) is 0. The van der Waals surface area contributed by atoms with Gasteiger partial charge in [-0.15, -0.1) is 12.4 Å². The largest absolute Gasteiger partial charge is 0.393 e. The molecule has 0 radical (unpaired) electrons. The Balaban J connectivity index is 0.00000220. The Morgan fingerprint density at radius 1 is 1.71 bits per heavy atom. The fourth-order valence-electron chi connectivity index (χ4n) is 1.90. The molecule has 0 aromatic carbocycles. The number of hydrogen-bond donors (Lipinski definition) is 3. The Bertz CT molecular complexity index is 623. The summed E-state index contributed by atoms with van der Waals surface area (Å²) < 4.78 is 19.9. The zero-order valence-electron chi connectivity index (χ0n) is 10.4. The number of aromatic nitrogens is 2. The molecule has 21 heavy (non-hydrogen) atoms. The summed E-state index contributed by atoms with van der Waals surface area (Å²) in [5.74, 6) is -0.0660. The number of aliphatic hydroxyl groups excluding tert-OH is 2. The van der Waals surface area contributed by atoms with E-state index in [9.17, 15) is 19.4 Å². The second kappa shape index (κ2) is 6.24. The fourth-order valence-corrected chi connectivity index (χ4v) is 1.90. The van der Waals surface area contributed by atoms with Gasteiger partial charge in [0.1, 0.15) is 11.9 Å². The Labute approximate surface area is 123 Å². The Morgan fingerprint density at radius 2 is 2.38 bits per heavy atom. The zero-order valence-corrected chi connectivity index (χ0v) is 11.2. The maximum Gasteiger partial charge on any atom is 0.351 e. The first-order chi connectivity index (χ1) is 9.45. The van der Waals surface area contributed by atoms with Crippen molar-refractivity contribution in [3.63, 3.8) is 0 Å². The molecule has 0 saturated carbocycles. The number of rotatable bonds is 3. The first-order valence-corrected chi connectivity index (χ1v) is 5.47. The number of aliphatic hydroxyl groups is 2. The van der Waals surface area contributed by atoms with Crippen LogP contribution >= 0.6 is 12.4 Å². The zero-order chi connectivity index (χ0) is 14.9. The standard InChI is InChI=1S/C9H11FN6O4.ClH/c10-5-6(18)9(3-17,14-15-12)20-7(5)16-2-1-4(11)13-8(16)19;/h1-2,5-7,17-18H,3H2,(H2,11,13,19);1H/t5-,6-,7+,9?;/m0./s1. The average Bonchev–Trinajstić information content (AvgIpc) is 2.65. The molecule has 1 fully saturated rings. The number of nitrogen functional groups attached to an aromatic ring is 1. The van der Waals surface area contributed by atoms with Crippen molar-refractivity contribution in [2.24, 2.45) is 5.11 Å². The third-order valence-corrected chi connectivity index (χ3v) is 2.93. The quantitative estimate of drug-likeness (QED) is 0.385. The van der Waals surface area contributed by atoms with Crippen LogP contribution in [0.15, 0.2) is 22.2 Å². The summed E-state index contributed by atoms with van der Waals surface area (Å²) in [4.78, 5) is 17.4. The van der Waals surface area contributed by atoms with Crippen molar-refractivity contribution in [2.45, 2.75) is 24.2 Å². The number of ether oxygens (including phenoxy) is 1. The Hall–Kier alpha value is -1.91. The van der Waals surface area contributed by atoms with Crippen molar-refractivity contribution in [1.82, 2.24) is 9.55 Å². The van der Waals surface area contributed by atoms with Gasteiger partial charge in [0.05, 0.1) is 6.61 Å². The van der Waals surface area contributed by atoms with Crippen LogP contribution < -0.4 is 11.4 Å². The molecule has 2 rings (SSSR count). The van der Waals surface area contributed by atoms with Crippen LogP contribution in [0.1, 0.15) is 6.23 Å². The molecule has 1 aliphatic rings. The minimum atomic E-state index is -2.19. The molecule has 0 bridgehead atoms. The monoisotopic (exact) mass is 322 g/mol. The molecule has 0 spiro atoms. The maximum atomic E-state index is 14.1. The summed E-state index contributed by atoms with van der Waals surface area (Å²) >= 11 is 0. The lowest BCUT2D eigenvalue weighted by Crippen LogP contribution is -2.43. The normalized spacial score (nSPS) is 31.3. The minimum absolute atomic E-state index is 0. The lowest BCUT2D eigenvalue weighted by molar-refractivity contribution is -0.124.